The van der Waals surface area contributed by atoms with Gasteiger partial charge in [-0.25, -0.2) is 13.4 Å². The van der Waals surface area contributed by atoms with Crippen LogP contribution in [0.1, 0.15) is 32.3 Å². The molecule has 7 heteroatoms. The fourth-order valence-corrected chi connectivity index (χ4v) is 4.09. The molecule has 1 N–H and O–H groups in total. The number of nitrogens with one attached hydrogen (secondary N) is 1. The van der Waals surface area contributed by atoms with Crippen molar-refractivity contribution in [3.05, 3.63) is 23.9 Å². The molecule has 2 heterocycles. The SMILES string of the molecule is Cc1ccc(NC(=O)C(C)(C)S(=O)(=O)CC2CCOCC2)nc1. The quantitative estimate of drug-likeness (QED) is 0.885. The number of nitrogens with zero attached hydrogens (tertiary/aromatic N) is 1. The van der Waals surface area contributed by atoms with Gasteiger partial charge in [0.05, 0.1) is 5.75 Å². The van der Waals surface area contributed by atoms with Gasteiger partial charge in [-0.1, -0.05) is 6.07 Å². The van der Waals surface area contributed by atoms with Gasteiger partial charge in [0, 0.05) is 19.4 Å². The number of rotatable bonds is 5. The molecule has 0 atom stereocenters. The predicted octanol–water partition coefficient (Wildman–Crippen LogP) is 1.95. The van der Waals surface area contributed by atoms with Crippen LogP contribution < -0.4 is 5.32 Å². The van der Waals surface area contributed by atoms with Gasteiger partial charge in [-0.05, 0) is 51.2 Å². The van der Waals surface area contributed by atoms with E-state index >= 15 is 0 Å². The molecule has 1 aromatic rings. The van der Waals surface area contributed by atoms with Gasteiger partial charge in [0.1, 0.15) is 10.6 Å². The highest BCUT2D eigenvalue weighted by molar-refractivity contribution is 7.93. The summed E-state index contributed by atoms with van der Waals surface area (Å²) in [6, 6.07) is 3.47. The van der Waals surface area contributed by atoms with E-state index in [-0.39, 0.29) is 11.7 Å². The number of anilines is 1. The molecule has 0 bridgehead atoms. The first-order valence-electron chi connectivity index (χ1n) is 7.76. The predicted molar refractivity (Wildman–Crippen MR) is 89.0 cm³/mol. The third-order valence-electron chi connectivity index (χ3n) is 4.27. The summed E-state index contributed by atoms with van der Waals surface area (Å²) in [5, 5.41) is 2.60. The van der Waals surface area contributed by atoms with Crippen LogP contribution >= 0.6 is 0 Å². The third-order valence-corrected chi connectivity index (χ3v) is 6.92. The summed E-state index contributed by atoms with van der Waals surface area (Å²) in [4.78, 5) is 16.5. The lowest BCUT2D eigenvalue weighted by Crippen LogP contribution is -2.47. The average Bonchev–Trinajstić information content (AvgIpc) is 2.50. The Hall–Kier alpha value is -1.47. The molecule has 1 amide bonds. The van der Waals surface area contributed by atoms with E-state index in [0.717, 1.165) is 18.4 Å². The molecule has 1 aliphatic heterocycles. The smallest absolute Gasteiger partial charge is 0.246 e. The van der Waals surface area contributed by atoms with E-state index in [0.29, 0.717) is 19.0 Å². The van der Waals surface area contributed by atoms with Crippen molar-refractivity contribution in [2.24, 2.45) is 5.92 Å². The number of hydrogen-bond donors (Lipinski definition) is 1. The maximum Gasteiger partial charge on any atom is 0.246 e. The molecule has 0 radical (unpaired) electrons. The number of ether oxygens (including phenoxy) is 1. The second kappa shape index (κ2) is 6.97. The van der Waals surface area contributed by atoms with Gasteiger partial charge < -0.3 is 10.1 Å². The fourth-order valence-electron chi connectivity index (χ4n) is 2.38. The Balaban J connectivity index is 2.08. The van der Waals surface area contributed by atoms with Crippen LogP contribution in [0.2, 0.25) is 0 Å². The zero-order chi connectivity index (χ0) is 17.1. The van der Waals surface area contributed by atoms with Crippen molar-refractivity contribution in [3.63, 3.8) is 0 Å². The van der Waals surface area contributed by atoms with Crippen LogP contribution in [-0.4, -0.2) is 43.0 Å². The van der Waals surface area contributed by atoms with Crippen molar-refractivity contribution in [1.29, 1.82) is 0 Å². The molecule has 23 heavy (non-hydrogen) atoms. The summed E-state index contributed by atoms with van der Waals surface area (Å²) in [5.41, 5.74) is 0.967. The van der Waals surface area contributed by atoms with E-state index in [1.165, 1.54) is 13.8 Å². The van der Waals surface area contributed by atoms with Gasteiger partial charge >= 0.3 is 0 Å². The van der Waals surface area contributed by atoms with E-state index in [4.69, 9.17) is 4.74 Å². The van der Waals surface area contributed by atoms with Gasteiger partial charge in [-0.3, -0.25) is 4.79 Å². The van der Waals surface area contributed by atoms with Crippen molar-refractivity contribution >= 4 is 21.6 Å². The van der Waals surface area contributed by atoms with Crippen molar-refractivity contribution in [2.75, 3.05) is 24.3 Å². The van der Waals surface area contributed by atoms with Crippen molar-refractivity contribution in [2.45, 2.75) is 38.4 Å². The average molecular weight is 340 g/mol. The minimum absolute atomic E-state index is 0.0120. The number of amides is 1. The topological polar surface area (TPSA) is 85.4 Å². The number of aryl methyl sites for hydroxylation is 1. The molecule has 1 aromatic heterocycles. The van der Waals surface area contributed by atoms with Gasteiger partial charge in [0.15, 0.2) is 9.84 Å². The minimum Gasteiger partial charge on any atom is -0.381 e. The van der Waals surface area contributed by atoms with Crippen LogP contribution in [0.4, 0.5) is 5.82 Å². The second-order valence-corrected chi connectivity index (χ2v) is 9.11. The van der Waals surface area contributed by atoms with Gasteiger partial charge in [-0.15, -0.1) is 0 Å². The minimum atomic E-state index is -3.58. The Morgan fingerprint density at radius 1 is 1.35 bits per heavy atom. The Bertz CT molecular complexity index is 647. The van der Waals surface area contributed by atoms with E-state index < -0.39 is 20.5 Å². The lowest BCUT2D eigenvalue weighted by atomic mass is 10.0. The van der Waals surface area contributed by atoms with E-state index in [2.05, 4.69) is 10.3 Å². The van der Waals surface area contributed by atoms with Crippen molar-refractivity contribution < 1.29 is 17.9 Å². The Morgan fingerprint density at radius 3 is 2.57 bits per heavy atom. The van der Waals surface area contributed by atoms with Gasteiger partial charge in [0.2, 0.25) is 5.91 Å². The molecule has 0 saturated carbocycles. The number of sulfone groups is 1. The highest BCUT2D eigenvalue weighted by Gasteiger charge is 2.43. The maximum atomic E-state index is 12.7. The first-order chi connectivity index (χ1) is 10.7. The van der Waals surface area contributed by atoms with Gasteiger partial charge in [-0.2, -0.15) is 0 Å². The number of hydrogen-bond acceptors (Lipinski definition) is 5. The molecule has 1 fully saturated rings. The highest BCUT2D eigenvalue weighted by Crippen LogP contribution is 2.25. The number of aromatic nitrogens is 1. The van der Waals surface area contributed by atoms with Crippen LogP contribution in [0.25, 0.3) is 0 Å². The normalized spacial score (nSPS) is 17.0. The molecule has 2 rings (SSSR count). The van der Waals surface area contributed by atoms with Crippen molar-refractivity contribution in [1.82, 2.24) is 4.98 Å². The molecule has 0 spiro atoms. The lowest BCUT2D eigenvalue weighted by molar-refractivity contribution is -0.117. The summed E-state index contributed by atoms with van der Waals surface area (Å²) < 4.78 is 29.1. The van der Waals surface area contributed by atoms with Crippen LogP contribution in [0.3, 0.4) is 0 Å². The molecular formula is C16H24N2O4S. The zero-order valence-corrected chi connectivity index (χ0v) is 14.6. The lowest BCUT2D eigenvalue weighted by Gasteiger charge is -2.28. The first-order valence-corrected chi connectivity index (χ1v) is 9.42. The van der Waals surface area contributed by atoms with Crippen LogP contribution in [0.5, 0.6) is 0 Å². The molecule has 6 nitrogen and oxygen atoms in total. The van der Waals surface area contributed by atoms with Crippen LogP contribution in [0.15, 0.2) is 18.3 Å². The number of carbonyl (C=O) groups is 1. The Morgan fingerprint density at radius 2 is 2.00 bits per heavy atom. The summed E-state index contributed by atoms with van der Waals surface area (Å²) in [6.45, 7) is 5.96. The van der Waals surface area contributed by atoms with Crippen LogP contribution in [-0.2, 0) is 19.4 Å². The number of carbonyl (C=O) groups excluding carboxylic acids is 1. The van der Waals surface area contributed by atoms with E-state index in [1.54, 1.807) is 12.3 Å². The Labute approximate surface area is 137 Å². The fraction of sp³-hybridized carbons (Fsp3) is 0.625. The van der Waals surface area contributed by atoms with E-state index in [9.17, 15) is 13.2 Å². The largest absolute Gasteiger partial charge is 0.381 e. The monoisotopic (exact) mass is 340 g/mol. The number of pyridine rings is 1. The Kier molecular flexibility index (Phi) is 5.41. The third kappa shape index (κ3) is 4.29. The molecule has 0 aromatic carbocycles. The second-order valence-electron chi connectivity index (χ2n) is 6.52. The summed E-state index contributed by atoms with van der Waals surface area (Å²) in [7, 11) is -3.58. The standard InChI is InChI=1S/C16H24N2O4S/c1-12-4-5-14(17-10-12)18-15(19)16(2,3)23(20,21)11-13-6-8-22-9-7-13/h4-5,10,13H,6-9,11H2,1-3H3,(H,17,18,19). The molecular weight excluding hydrogens is 316 g/mol. The van der Waals surface area contributed by atoms with Crippen LogP contribution in [0, 0.1) is 12.8 Å². The molecule has 1 aliphatic rings. The first kappa shape index (κ1) is 17.9. The molecule has 1 saturated heterocycles. The summed E-state index contributed by atoms with van der Waals surface area (Å²) in [5.74, 6) is -0.132. The van der Waals surface area contributed by atoms with Gasteiger partial charge in [0.25, 0.3) is 0 Å². The van der Waals surface area contributed by atoms with E-state index in [1.807, 2.05) is 13.0 Å². The summed E-state index contributed by atoms with van der Waals surface area (Å²) in [6.07, 6.45) is 3.06. The molecule has 0 aliphatic carbocycles. The highest BCUT2D eigenvalue weighted by atomic mass is 32.2. The maximum absolute atomic E-state index is 12.7. The summed E-state index contributed by atoms with van der Waals surface area (Å²) >= 11 is 0. The zero-order valence-electron chi connectivity index (χ0n) is 13.8. The van der Waals surface area contributed by atoms with Crippen molar-refractivity contribution in [3.8, 4) is 0 Å². The molecule has 128 valence electrons. The molecule has 0 unspecified atom stereocenters.